The molecule has 140 valence electrons. The zero-order valence-electron chi connectivity index (χ0n) is 15.4. The van der Waals surface area contributed by atoms with Crippen LogP contribution in [0.1, 0.15) is 6.92 Å². The molecule has 1 aromatic carbocycles. The number of hydrogen-bond donors (Lipinski definition) is 2. The van der Waals surface area contributed by atoms with Gasteiger partial charge in [-0.05, 0) is 31.2 Å². The number of rotatable bonds is 9. The number of guanidine groups is 1. The molecule has 2 aromatic rings. The molecule has 0 fully saturated rings. The number of ether oxygens (including phenoxy) is 3. The molecule has 7 nitrogen and oxygen atoms in total. The fourth-order valence-corrected chi connectivity index (χ4v) is 2.21. The molecule has 0 bridgehead atoms. The highest BCUT2D eigenvalue weighted by atomic mass is 16.5. The van der Waals surface area contributed by atoms with E-state index in [0.29, 0.717) is 25.7 Å². The molecule has 0 spiro atoms. The molecule has 0 radical (unpaired) electrons. The minimum Gasteiger partial charge on any atom is -0.493 e. The third-order valence-electron chi connectivity index (χ3n) is 3.48. The van der Waals surface area contributed by atoms with E-state index in [1.807, 2.05) is 43.3 Å². The van der Waals surface area contributed by atoms with Crippen molar-refractivity contribution < 1.29 is 14.2 Å². The molecule has 0 aliphatic rings. The second kappa shape index (κ2) is 10.8. The van der Waals surface area contributed by atoms with Crippen LogP contribution in [-0.4, -0.2) is 50.9 Å². The first-order valence-electron chi connectivity index (χ1n) is 8.50. The smallest absolute Gasteiger partial charge is 0.191 e. The summed E-state index contributed by atoms with van der Waals surface area (Å²) >= 11 is 0. The highest BCUT2D eigenvalue weighted by Crippen LogP contribution is 2.26. The van der Waals surface area contributed by atoms with Gasteiger partial charge in [0.05, 0.1) is 26.4 Å². The molecule has 7 heteroatoms. The van der Waals surface area contributed by atoms with Crippen LogP contribution in [0, 0.1) is 0 Å². The zero-order chi connectivity index (χ0) is 18.6. The summed E-state index contributed by atoms with van der Waals surface area (Å²) in [5, 5.41) is 6.43. The largest absolute Gasteiger partial charge is 0.493 e. The maximum Gasteiger partial charge on any atom is 0.191 e. The lowest BCUT2D eigenvalue weighted by atomic mass is 10.3. The Morgan fingerprint density at radius 1 is 1.15 bits per heavy atom. The van der Waals surface area contributed by atoms with Gasteiger partial charge in [-0.3, -0.25) is 9.98 Å². The van der Waals surface area contributed by atoms with Gasteiger partial charge >= 0.3 is 0 Å². The highest BCUT2D eigenvalue weighted by molar-refractivity contribution is 5.79. The third kappa shape index (κ3) is 6.51. The number of para-hydroxylation sites is 2. The number of aromatic nitrogens is 1. The van der Waals surface area contributed by atoms with E-state index in [1.54, 1.807) is 26.6 Å². The summed E-state index contributed by atoms with van der Waals surface area (Å²) in [6.45, 7) is 3.72. The first-order valence-corrected chi connectivity index (χ1v) is 8.50. The number of hydrogen-bond acceptors (Lipinski definition) is 5. The minimum absolute atomic E-state index is 0.0588. The molecule has 0 amide bonds. The van der Waals surface area contributed by atoms with Crippen molar-refractivity contribution in [1.29, 1.82) is 0 Å². The monoisotopic (exact) mass is 358 g/mol. The molecular weight excluding hydrogens is 332 g/mol. The topological polar surface area (TPSA) is 77.0 Å². The third-order valence-corrected chi connectivity index (χ3v) is 3.48. The Morgan fingerprint density at radius 2 is 1.96 bits per heavy atom. The summed E-state index contributed by atoms with van der Waals surface area (Å²) in [5.74, 6) is 2.87. The number of benzene rings is 1. The molecule has 0 saturated carbocycles. The van der Waals surface area contributed by atoms with Gasteiger partial charge in [-0.15, -0.1) is 0 Å². The second-order valence-electron chi connectivity index (χ2n) is 5.50. The Bertz CT molecular complexity index is 679. The summed E-state index contributed by atoms with van der Waals surface area (Å²) in [6.07, 6.45) is 3.34. The van der Waals surface area contributed by atoms with E-state index in [2.05, 4.69) is 20.6 Å². The first kappa shape index (κ1) is 19.4. The lowest BCUT2D eigenvalue weighted by molar-refractivity contribution is 0.213. The lowest BCUT2D eigenvalue weighted by Crippen LogP contribution is -2.43. The van der Waals surface area contributed by atoms with Gasteiger partial charge in [0.2, 0.25) is 0 Å². The van der Waals surface area contributed by atoms with E-state index in [-0.39, 0.29) is 6.10 Å². The number of pyridine rings is 1. The summed E-state index contributed by atoms with van der Waals surface area (Å²) in [6, 6.07) is 11.3. The van der Waals surface area contributed by atoms with Crippen molar-refractivity contribution in [2.24, 2.45) is 4.99 Å². The quantitative estimate of drug-likeness (QED) is 0.406. The van der Waals surface area contributed by atoms with Crippen LogP contribution in [-0.2, 0) is 0 Å². The average molecular weight is 358 g/mol. The normalized spacial score (nSPS) is 12.2. The van der Waals surface area contributed by atoms with Crippen molar-refractivity contribution in [2.75, 3.05) is 33.9 Å². The van der Waals surface area contributed by atoms with Crippen LogP contribution >= 0.6 is 0 Å². The number of methoxy groups -OCH3 is 1. The van der Waals surface area contributed by atoms with Crippen LogP contribution in [0.2, 0.25) is 0 Å². The van der Waals surface area contributed by atoms with Gasteiger partial charge in [-0.1, -0.05) is 12.1 Å². The Hall–Kier alpha value is -2.96. The number of nitrogens with one attached hydrogen (secondary N) is 2. The van der Waals surface area contributed by atoms with Gasteiger partial charge in [-0.25, -0.2) is 0 Å². The number of aliphatic imine (C=N–C) groups is 1. The minimum atomic E-state index is -0.0588. The standard InChI is InChI=1S/C19H26N4O3/c1-15(26-18-9-5-4-8-17(18)24-3)13-23-19(20-2)22-11-12-25-16-7-6-10-21-14-16/h4-10,14-15H,11-13H2,1-3H3,(H2,20,22,23). The van der Waals surface area contributed by atoms with Crippen LogP contribution < -0.4 is 24.8 Å². The second-order valence-corrected chi connectivity index (χ2v) is 5.50. The van der Waals surface area contributed by atoms with E-state index in [0.717, 1.165) is 17.2 Å². The summed E-state index contributed by atoms with van der Waals surface area (Å²) in [4.78, 5) is 8.20. The van der Waals surface area contributed by atoms with Crippen LogP contribution in [0.5, 0.6) is 17.2 Å². The molecule has 26 heavy (non-hydrogen) atoms. The molecule has 2 rings (SSSR count). The van der Waals surface area contributed by atoms with Crippen molar-refractivity contribution in [3.63, 3.8) is 0 Å². The molecular formula is C19H26N4O3. The highest BCUT2D eigenvalue weighted by Gasteiger charge is 2.09. The van der Waals surface area contributed by atoms with Crippen molar-refractivity contribution >= 4 is 5.96 Å². The Kier molecular flexibility index (Phi) is 8.05. The fourth-order valence-electron chi connectivity index (χ4n) is 2.21. The Morgan fingerprint density at radius 3 is 2.65 bits per heavy atom. The maximum atomic E-state index is 5.91. The fraction of sp³-hybridized carbons (Fsp3) is 0.368. The van der Waals surface area contributed by atoms with Crippen LogP contribution in [0.3, 0.4) is 0 Å². The van der Waals surface area contributed by atoms with E-state index < -0.39 is 0 Å². The van der Waals surface area contributed by atoms with Crippen molar-refractivity contribution in [3.05, 3.63) is 48.8 Å². The number of nitrogens with zero attached hydrogens (tertiary/aromatic N) is 2. The lowest BCUT2D eigenvalue weighted by Gasteiger charge is -2.19. The van der Waals surface area contributed by atoms with Crippen LogP contribution in [0.15, 0.2) is 53.8 Å². The average Bonchev–Trinajstić information content (AvgIpc) is 2.68. The van der Waals surface area contributed by atoms with Gasteiger partial charge in [0.15, 0.2) is 17.5 Å². The van der Waals surface area contributed by atoms with Crippen LogP contribution in [0.25, 0.3) is 0 Å². The van der Waals surface area contributed by atoms with Crippen molar-refractivity contribution in [2.45, 2.75) is 13.0 Å². The Labute approximate surface area is 154 Å². The van der Waals surface area contributed by atoms with E-state index >= 15 is 0 Å². The molecule has 2 N–H and O–H groups in total. The van der Waals surface area contributed by atoms with Crippen molar-refractivity contribution in [1.82, 2.24) is 15.6 Å². The summed E-state index contributed by atoms with van der Waals surface area (Å²) in [7, 11) is 3.35. The molecule has 0 saturated heterocycles. The predicted octanol–water partition coefficient (Wildman–Crippen LogP) is 2.10. The Balaban J connectivity index is 1.69. The summed E-state index contributed by atoms with van der Waals surface area (Å²) in [5.41, 5.74) is 0. The molecule has 1 heterocycles. The maximum absolute atomic E-state index is 5.91. The van der Waals surface area contributed by atoms with Gasteiger partial charge in [-0.2, -0.15) is 0 Å². The molecule has 1 unspecified atom stereocenters. The predicted molar refractivity (Wildman–Crippen MR) is 102 cm³/mol. The molecule has 1 atom stereocenters. The van der Waals surface area contributed by atoms with Gasteiger partial charge < -0.3 is 24.8 Å². The molecule has 0 aliphatic carbocycles. The van der Waals surface area contributed by atoms with E-state index in [1.165, 1.54) is 0 Å². The van der Waals surface area contributed by atoms with Crippen LogP contribution in [0.4, 0.5) is 0 Å². The van der Waals surface area contributed by atoms with E-state index in [9.17, 15) is 0 Å². The van der Waals surface area contributed by atoms with Gasteiger partial charge in [0.25, 0.3) is 0 Å². The van der Waals surface area contributed by atoms with Gasteiger partial charge in [0.1, 0.15) is 18.5 Å². The molecule has 0 aliphatic heterocycles. The summed E-state index contributed by atoms with van der Waals surface area (Å²) < 4.78 is 16.8. The first-order chi connectivity index (χ1) is 12.7. The SMILES string of the molecule is CN=C(NCCOc1cccnc1)NCC(C)Oc1ccccc1OC. The van der Waals surface area contributed by atoms with Crippen molar-refractivity contribution in [3.8, 4) is 17.2 Å². The van der Waals surface area contributed by atoms with Gasteiger partial charge in [0, 0.05) is 13.2 Å². The molecule has 1 aromatic heterocycles. The van der Waals surface area contributed by atoms with E-state index in [4.69, 9.17) is 14.2 Å². The zero-order valence-corrected chi connectivity index (χ0v) is 15.4.